The Morgan fingerprint density at radius 3 is 2.25 bits per heavy atom. The number of carbonyl (C=O) groups excluding carboxylic acids is 2. The molecule has 0 heterocycles. The van der Waals surface area contributed by atoms with Crippen LogP contribution in [0.1, 0.15) is 24.8 Å². The van der Waals surface area contributed by atoms with Gasteiger partial charge in [-0.05, 0) is 24.1 Å². The fourth-order valence-corrected chi connectivity index (χ4v) is 2.25. The van der Waals surface area contributed by atoms with E-state index in [0.717, 1.165) is 17.7 Å². The number of rotatable bonds is 6. The monoisotopic (exact) mass is 333 g/mol. The van der Waals surface area contributed by atoms with Crippen molar-refractivity contribution >= 4 is 17.6 Å². The lowest BCUT2D eigenvalue weighted by atomic mass is 9.97. The van der Waals surface area contributed by atoms with Crippen molar-refractivity contribution in [2.24, 2.45) is 0 Å². The number of carbonyl (C=O) groups is 2. The van der Waals surface area contributed by atoms with Crippen LogP contribution in [0.5, 0.6) is 0 Å². The molecule has 0 fully saturated rings. The van der Waals surface area contributed by atoms with Gasteiger partial charge in [-0.3, -0.25) is 9.59 Å². The third-order valence-electron chi connectivity index (χ3n) is 3.47. The fraction of sp³-hybridized carbons (Fsp3) is 0.222. The summed E-state index contributed by atoms with van der Waals surface area (Å²) in [6.45, 7) is 1.21. The first-order valence-electron chi connectivity index (χ1n) is 7.48. The summed E-state index contributed by atoms with van der Waals surface area (Å²) in [5, 5.41) is 2.06. The smallest absolute Gasteiger partial charge is 0.313 e. The minimum Gasteiger partial charge on any atom is -0.455 e. The van der Waals surface area contributed by atoms with E-state index in [1.165, 1.54) is 6.07 Å². The summed E-state index contributed by atoms with van der Waals surface area (Å²) in [6.07, 6.45) is 0.506. The van der Waals surface area contributed by atoms with Crippen LogP contribution in [-0.2, 0) is 14.3 Å². The van der Waals surface area contributed by atoms with Gasteiger partial charge in [-0.1, -0.05) is 43.3 Å². The molecule has 0 aliphatic carbocycles. The Kier molecular flexibility index (Phi) is 6.01. The number of amides is 1. The summed E-state index contributed by atoms with van der Waals surface area (Å²) in [7, 11) is 0. The van der Waals surface area contributed by atoms with Gasteiger partial charge in [-0.2, -0.15) is 0 Å². The molecule has 24 heavy (non-hydrogen) atoms. The summed E-state index contributed by atoms with van der Waals surface area (Å²) in [6, 6.07) is 12.3. The minimum atomic E-state index is -0.898. The van der Waals surface area contributed by atoms with E-state index in [1.54, 1.807) is 24.3 Å². The molecule has 2 rings (SSSR count). The van der Waals surface area contributed by atoms with Crippen LogP contribution in [0, 0.1) is 11.6 Å². The van der Waals surface area contributed by atoms with E-state index >= 15 is 0 Å². The van der Waals surface area contributed by atoms with E-state index in [0.29, 0.717) is 6.42 Å². The van der Waals surface area contributed by atoms with Crippen molar-refractivity contribution < 1.29 is 23.1 Å². The molecule has 0 aliphatic heterocycles. The highest BCUT2D eigenvalue weighted by Gasteiger charge is 2.21. The van der Waals surface area contributed by atoms with Crippen molar-refractivity contribution in [3.63, 3.8) is 0 Å². The number of nitrogens with one attached hydrogen (secondary N) is 1. The molecule has 0 unspecified atom stereocenters. The highest BCUT2D eigenvalue weighted by atomic mass is 19.1. The van der Waals surface area contributed by atoms with Gasteiger partial charge in [0.2, 0.25) is 0 Å². The summed E-state index contributed by atoms with van der Waals surface area (Å²) in [5.74, 6) is -3.66. The van der Waals surface area contributed by atoms with Crippen LogP contribution in [0.2, 0.25) is 0 Å². The number of anilines is 1. The first-order valence-corrected chi connectivity index (χ1v) is 7.48. The summed E-state index contributed by atoms with van der Waals surface area (Å²) in [4.78, 5) is 23.9. The second kappa shape index (κ2) is 8.19. The van der Waals surface area contributed by atoms with Gasteiger partial charge in [0.25, 0.3) is 5.91 Å². The van der Waals surface area contributed by atoms with Crippen molar-refractivity contribution in [2.75, 3.05) is 11.9 Å². The van der Waals surface area contributed by atoms with Crippen molar-refractivity contribution in [3.05, 3.63) is 65.7 Å². The van der Waals surface area contributed by atoms with Gasteiger partial charge in [0.05, 0.1) is 5.92 Å². The lowest BCUT2D eigenvalue weighted by molar-refractivity contribution is -0.149. The van der Waals surface area contributed by atoms with Gasteiger partial charge < -0.3 is 10.1 Å². The number of ether oxygens (including phenoxy) is 1. The van der Waals surface area contributed by atoms with E-state index in [9.17, 15) is 18.4 Å². The highest BCUT2D eigenvalue weighted by molar-refractivity contribution is 5.93. The number of hydrogen-bond acceptors (Lipinski definition) is 3. The van der Waals surface area contributed by atoms with E-state index in [2.05, 4.69) is 5.32 Å². The molecule has 1 atom stereocenters. The van der Waals surface area contributed by atoms with Gasteiger partial charge in [-0.25, -0.2) is 8.78 Å². The Labute approximate surface area is 138 Å². The average molecular weight is 333 g/mol. The maximum absolute atomic E-state index is 13.5. The molecule has 0 radical (unpaired) electrons. The highest BCUT2D eigenvalue weighted by Crippen LogP contribution is 2.21. The van der Waals surface area contributed by atoms with Crippen LogP contribution in [0.15, 0.2) is 48.5 Å². The lowest BCUT2D eigenvalue weighted by Crippen LogP contribution is -2.24. The Bertz CT molecular complexity index is 699. The summed E-state index contributed by atoms with van der Waals surface area (Å²) in [5.41, 5.74) is 0.221. The normalized spacial score (nSPS) is 11.6. The maximum Gasteiger partial charge on any atom is 0.313 e. The number of para-hydroxylation sites is 1. The summed E-state index contributed by atoms with van der Waals surface area (Å²) < 4.78 is 31.9. The topological polar surface area (TPSA) is 55.4 Å². The largest absolute Gasteiger partial charge is 0.455 e. The lowest BCUT2D eigenvalue weighted by Gasteiger charge is -2.14. The van der Waals surface area contributed by atoms with Crippen LogP contribution in [0.3, 0.4) is 0 Å². The number of hydrogen-bond donors (Lipinski definition) is 1. The molecule has 0 aromatic heterocycles. The first kappa shape index (κ1) is 17.6. The van der Waals surface area contributed by atoms with Gasteiger partial charge in [0, 0.05) is 0 Å². The molecular weight excluding hydrogens is 316 g/mol. The second-order valence-electron chi connectivity index (χ2n) is 5.12. The number of halogens is 2. The number of esters is 1. The maximum atomic E-state index is 13.5. The molecular formula is C18H17F2NO3. The van der Waals surface area contributed by atoms with Gasteiger partial charge in [0.1, 0.15) is 17.3 Å². The molecule has 4 nitrogen and oxygen atoms in total. The van der Waals surface area contributed by atoms with E-state index in [-0.39, 0.29) is 0 Å². The van der Waals surface area contributed by atoms with Crippen LogP contribution >= 0.6 is 0 Å². The van der Waals surface area contributed by atoms with Gasteiger partial charge in [-0.15, -0.1) is 0 Å². The Hall–Kier alpha value is -2.76. The van der Waals surface area contributed by atoms with Crippen LogP contribution in [0.25, 0.3) is 0 Å². The first-order chi connectivity index (χ1) is 11.5. The zero-order valence-corrected chi connectivity index (χ0v) is 13.1. The molecule has 0 saturated carbocycles. The fourth-order valence-electron chi connectivity index (χ4n) is 2.25. The van der Waals surface area contributed by atoms with E-state index in [1.807, 2.05) is 13.0 Å². The third-order valence-corrected chi connectivity index (χ3v) is 3.47. The standard InChI is InChI=1S/C18H17F2NO3/c1-2-13(12-7-4-3-5-8-12)18(23)24-11-16(22)21-17-14(19)9-6-10-15(17)20/h3-10,13H,2,11H2,1H3,(H,21,22)/t13-/m0/s1. The van der Waals surface area contributed by atoms with Crippen molar-refractivity contribution in [2.45, 2.75) is 19.3 Å². The SMILES string of the molecule is CC[C@H](C(=O)OCC(=O)Nc1c(F)cccc1F)c1ccccc1. The van der Waals surface area contributed by atoms with Gasteiger partial charge >= 0.3 is 5.97 Å². The zero-order chi connectivity index (χ0) is 17.5. The molecule has 1 N–H and O–H groups in total. The quantitative estimate of drug-likeness (QED) is 0.821. The molecule has 0 spiro atoms. The van der Waals surface area contributed by atoms with Gasteiger partial charge in [0.15, 0.2) is 6.61 Å². The van der Waals surface area contributed by atoms with Crippen molar-refractivity contribution in [3.8, 4) is 0 Å². The minimum absolute atomic E-state index is 0.496. The molecule has 2 aromatic carbocycles. The van der Waals surface area contributed by atoms with Crippen molar-refractivity contribution in [1.29, 1.82) is 0 Å². The van der Waals surface area contributed by atoms with Crippen molar-refractivity contribution in [1.82, 2.24) is 0 Å². The predicted molar refractivity (Wildman–Crippen MR) is 85.4 cm³/mol. The molecule has 126 valence electrons. The Morgan fingerprint density at radius 2 is 1.67 bits per heavy atom. The molecule has 1 amide bonds. The molecule has 0 saturated heterocycles. The molecule has 0 aliphatic rings. The second-order valence-corrected chi connectivity index (χ2v) is 5.12. The predicted octanol–water partition coefficient (Wildman–Crippen LogP) is 3.64. The van der Waals surface area contributed by atoms with Crippen LogP contribution in [0.4, 0.5) is 14.5 Å². The van der Waals surface area contributed by atoms with E-state index < -0.39 is 41.7 Å². The zero-order valence-electron chi connectivity index (χ0n) is 13.1. The number of benzene rings is 2. The Balaban J connectivity index is 1.94. The molecule has 0 bridgehead atoms. The third kappa shape index (κ3) is 4.38. The van der Waals surface area contributed by atoms with E-state index in [4.69, 9.17) is 4.74 Å². The van der Waals surface area contributed by atoms with Crippen LogP contribution < -0.4 is 5.32 Å². The molecule has 6 heteroatoms. The summed E-state index contributed by atoms with van der Waals surface area (Å²) >= 11 is 0. The Morgan fingerprint density at radius 1 is 1.04 bits per heavy atom. The van der Waals surface area contributed by atoms with Crippen LogP contribution in [-0.4, -0.2) is 18.5 Å². The molecule has 2 aromatic rings. The average Bonchev–Trinajstić information content (AvgIpc) is 2.58.